The molecule has 2 aliphatic rings. The lowest BCUT2D eigenvalue weighted by atomic mass is 10.0. The largest absolute Gasteiger partial charge is 0.444 e. The monoisotopic (exact) mass is 311 g/mol. The van der Waals surface area contributed by atoms with Crippen LogP contribution in [-0.2, 0) is 4.74 Å². The van der Waals surface area contributed by atoms with Crippen molar-refractivity contribution in [1.29, 1.82) is 0 Å². The van der Waals surface area contributed by atoms with E-state index in [1.807, 2.05) is 20.8 Å². The van der Waals surface area contributed by atoms with Crippen molar-refractivity contribution < 1.29 is 9.53 Å². The quantitative estimate of drug-likeness (QED) is 0.700. The van der Waals surface area contributed by atoms with E-state index in [9.17, 15) is 4.79 Å². The van der Waals surface area contributed by atoms with Crippen LogP contribution in [0.15, 0.2) is 0 Å². The Bertz CT molecular complexity index is 367. The van der Waals surface area contributed by atoms with Crippen LogP contribution in [0.3, 0.4) is 0 Å². The molecule has 0 aliphatic heterocycles. The van der Waals surface area contributed by atoms with Gasteiger partial charge in [0.2, 0.25) is 0 Å². The van der Waals surface area contributed by atoms with Crippen LogP contribution in [0.4, 0.5) is 4.79 Å². The van der Waals surface area contributed by atoms with Crippen molar-refractivity contribution >= 4 is 6.09 Å². The van der Waals surface area contributed by atoms with Crippen molar-refractivity contribution in [3.63, 3.8) is 0 Å². The van der Waals surface area contributed by atoms with Gasteiger partial charge in [0.25, 0.3) is 0 Å². The van der Waals surface area contributed by atoms with Gasteiger partial charge in [0.1, 0.15) is 5.60 Å². The molecule has 2 fully saturated rings. The van der Waals surface area contributed by atoms with Gasteiger partial charge < -0.3 is 21.1 Å². The minimum absolute atomic E-state index is 0.161. The Morgan fingerprint density at radius 2 is 1.73 bits per heavy atom. The fraction of sp³-hybridized carbons (Fsp3) is 0.941. The minimum Gasteiger partial charge on any atom is -0.444 e. The average Bonchev–Trinajstić information content (AvgIpc) is 2.66. The molecular formula is C17H33N3O2. The van der Waals surface area contributed by atoms with E-state index in [1.54, 1.807) is 0 Å². The third kappa shape index (κ3) is 5.76. The van der Waals surface area contributed by atoms with Crippen LogP contribution >= 0.6 is 0 Å². The lowest BCUT2D eigenvalue weighted by Gasteiger charge is -2.31. The Labute approximate surface area is 134 Å². The molecule has 0 aromatic carbocycles. The van der Waals surface area contributed by atoms with Crippen molar-refractivity contribution in [3.8, 4) is 0 Å². The fourth-order valence-corrected chi connectivity index (χ4v) is 3.61. The second-order valence-corrected chi connectivity index (χ2v) is 7.93. The standard InChI is InChI=1S/C17H33N3O2/c1-17(2,3)22-16(21)20-15-8-6-4-5-7-14(15)19-13-10-9-12(18)11-13/h12-15,19H,4-11,18H2,1-3H3,(H,20,21). The molecule has 0 saturated heterocycles. The molecule has 5 nitrogen and oxygen atoms in total. The maximum Gasteiger partial charge on any atom is 0.407 e. The van der Waals surface area contributed by atoms with E-state index in [2.05, 4.69) is 10.6 Å². The van der Waals surface area contributed by atoms with Crippen LogP contribution < -0.4 is 16.4 Å². The fourth-order valence-electron chi connectivity index (χ4n) is 3.61. The summed E-state index contributed by atoms with van der Waals surface area (Å²) in [4.78, 5) is 12.1. The summed E-state index contributed by atoms with van der Waals surface area (Å²) < 4.78 is 5.42. The van der Waals surface area contributed by atoms with Gasteiger partial charge in [0.05, 0.1) is 0 Å². The van der Waals surface area contributed by atoms with Crippen molar-refractivity contribution in [3.05, 3.63) is 0 Å². The number of ether oxygens (including phenoxy) is 1. The Kier molecular flexibility index (Phi) is 6.09. The summed E-state index contributed by atoms with van der Waals surface area (Å²) in [5.74, 6) is 0. The molecule has 0 radical (unpaired) electrons. The Hall–Kier alpha value is -0.810. The minimum atomic E-state index is -0.448. The Balaban J connectivity index is 1.90. The van der Waals surface area contributed by atoms with Crippen molar-refractivity contribution in [2.75, 3.05) is 0 Å². The van der Waals surface area contributed by atoms with E-state index in [1.165, 1.54) is 19.3 Å². The normalized spacial score (nSPS) is 33.3. The molecule has 0 spiro atoms. The van der Waals surface area contributed by atoms with Crippen LogP contribution in [0.5, 0.6) is 0 Å². The molecule has 2 saturated carbocycles. The van der Waals surface area contributed by atoms with Crippen LogP contribution in [0.1, 0.15) is 72.1 Å². The third-order valence-electron chi connectivity index (χ3n) is 4.64. The topological polar surface area (TPSA) is 76.4 Å². The van der Waals surface area contributed by atoms with Crippen molar-refractivity contribution in [2.45, 2.75) is 102 Å². The first-order chi connectivity index (χ1) is 10.3. The zero-order valence-corrected chi connectivity index (χ0v) is 14.4. The predicted molar refractivity (Wildman–Crippen MR) is 88.8 cm³/mol. The third-order valence-corrected chi connectivity index (χ3v) is 4.64. The molecular weight excluding hydrogens is 278 g/mol. The number of nitrogens with one attached hydrogen (secondary N) is 2. The number of nitrogens with two attached hydrogens (primary N) is 1. The molecule has 2 aliphatic carbocycles. The van der Waals surface area contributed by atoms with Crippen LogP contribution in [-0.4, -0.2) is 35.9 Å². The molecule has 22 heavy (non-hydrogen) atoms. The van der Waals surface area contributed by atoms with Crippen LogP contribution in [0, 0.1) is 0 Å². The van der Waals surface area contributed by atoms with E-state index in [4.69, 9.17) is 10.5 Å². The highest BCUT2D eigenvalue weighted by molar-refractivity contribution is 5.68. The summed E-state index contributed by atoms with van der Waals surface area (Å²) in [5.41, 5.74) is 5.57. The summed E-state index contributed by atoms with van der Waals surface area (Å²) >= 11 is 0. The molecule has 0 aromatic heterocycles. The zero-order valence-electron chi connectivity index (χ0n) is 14.4. The molecule has 4 atom stereocenters. The van der Waals surface area contributed by atoms with Gasteiger partial charge in [0.15, 0.2) is 0 Å². The number of rotatable bonds is 3. The van der Waals surface area contributed by atoms with E-state index < -0.39 is 5.60 Å². The summed E-state index contributed by atoms with van der Waals surface area (Å²) in [6, 6.07) is 1.33. The van der Waals surface area contributed by atoms with Crippen LogP contribution in [0.25, 0.3) is 0 Å². The van der Waals surface area contributed by atoms with Gasteiger partial charge in [-0.1, -0.05) is 19.3 Å². The highest BCUT2D eigenvalue weighted by atomic mass is 16.6. The Morgan fingerprint density at radius 1 is 1.05 bits per heavy atom. The first kappa shape index (κ1) is 17.5. The van der Waals surface area contributed by atoms with Gasteiger partial charge in [-0.3, -0.25) is 0 Å². The molecule has 2 rings (SSSR count). The summed E-state index contributed by atoms with van der Waals surface area (Å²) in [5, 5.41) is 6.85. The lowest BCUT2D eigenvalue weighted by Crippen LogP contribution is -2.52. The maximum absolute atomic E-state index is 12.1. The number of hydrogen-bond acceptors (Lipinski definition) is 4. The number of carbonyl (C=O) groups excluding carboxylic acids is 1. The molecule has 4 unspecified atom stereocenters. The first-order valence-electron chi connectivity index (χ1n) is 8.84. The summed E-state index contributed by atoms with van der Waals surface area (Å²) in [6.45, 7) is 5.69. The highest BCUT2D eigenvalue weighted by Gasteiger charge is 2.31. The van der Waals surface area contributed by atoms with E-state index in [-0.39, 0.29) is 12.1 Å². The Morgan fingerprint density at radius 3 is 2.32 bits per heavy atom. The molecule has 0 aromatic rings. The molecule has 4 N–H and O–H groups in total. The van der Waals surface area contributed by atoms with Gasteiger partial charge in [-0.2, -0.15) is 0 Å². The smallest absolute Gasteiger partial charge is 0.407 e. The zero-order chi connectivity index (χ0) is 16.2. The van der Waals surface area contributed by atoms with E-state index >= 15 is 0 Å². The molecule has 0 heterocycles. The van der Waals surface area contributed by atoms with Crippen molar-refractivity contribution in [2.24, 2.45) is 5.73 Å². The molecule has 1 amide bonds. The maximum atomic E-state index is 12.1. The van der Waals surface area contributed by atoms with Gasteiger partial charge in [0, 0.05) is 24.2 Å². The lowest BCUT2D eigenvalue weighted by molar-refractivity contribution is 0.0488. The first-order valence-corrected chi connectivity index (χ1v) is 8.84. The summed E-state index contributed by atoms with van der Waals surface area (Å²) in [6.07, 6.45) is 8.79. The number of carbonyl (C=O) groups is 1. The molecule has 0 bridgehead atoms. The highest BCUT2D eigenvalue weighted by Crippen LogP contribution is 2.23. The number of amides is 1. The van der Waals surface area contributed by atoms with Gasteiger partial charge in [-0.25, -0.2) is 4.79 Å². The van der Waals surface area contributed by atoms with Gasteiger partial charge in [-0.05, 0) is 52.9 Å². The molecule has 128 valence electrons. The van der Waals surface area contributed by atoms with E-state index in [0.717, 1.165) is 32.1 Å². The van der Waals surface area contributed by atoms with Crippen molar-refractivity contribution in [1.82, 2.24) is 10.6 Å². The van der Waals surface area contributed by atoms with Crippen LogP contribution in [0.2, 0.25) is 0 Å². The second-order valence-electron chi connectivity index (χ2n) is 7.93. The van der Waals surface area contributed by atoms with E-state index in [0.29, 0.717) is 18.1 Å². The van der Waals surface area contributed by atoms with Gasteiger partial charge in [-0.15, -0.1) is 0 Å². The molecule has 5 heteroatoms. The predicted octanol–water partition coefficient (Wildman–Crippen LogP) is 2.68. The summed E-state index contributed by atoms with van der Waals surface area (Å²) in [7, 11) is 0. The average molecular weight is 311 g/mol. The SMILES string of the molecule is CC(C)(C)OC(=O)NC1CCCCCC1NC1CCC(N)C1. The number of alkyl carbamates (subject to hydrolysis) is 1. The van der Waals surface area contributed by atoms with Gasteiger partial charge >= 0.3 is 6.09 Å². The second kappa shape index (κ2) is 7.64. The number of hydrogen-bond donors (Lipinski definition) is 3.